The molecule has 0 aliphatic rings. The van der Waals surface area contributed by atoms with E-state index in [1.807, 2.05) is 6.92 Å². The summed E-state index contributed by atoms with van der Waals surface area (Å²) in [6, 6.07) is 3.38. The van der Waals surface area contributed by atoms with Gasteiger partial charge in [-0.3, -0.25) is 4.79 Å². The first kappa shape index (κ1) is 16.6. The molecule has 20 heavy (non-hydrogen) atoms. The maximum Gasteiger partial charge on any atom is 0.259 e. The molecule has 0 bridgehead atoms. The molecule has 0 heterocycles. The van der Waals surface area contributed by atoms with Crippen LogP contribution in [-0.2, 0) is 11.2 Å². The molecular weight excluding hydrogens is 280 g/mol. The normalized spacial score (nSPS) is 11.9. The topological polar surface area (TPSA) is 64.8 Å². The number of nitrogens with two attached hydrogens (primary N) is 1. The van der Waals surface area contributed by atoms with Gasteiger partial charge in [-0.15, -0.1) is 0 Å². The van der Waals surface area contributed by atoms with E-state index in [1.54, 1.807) is 26.2 Å². The highest BCUT2D eigenvalue weighted by atomic mass is 35.5. The van der Waals surface area contributed by atoms with Crippen molar-refractivity contribution in [3.63, 3.8) is 0 Å². The second-order valence-electron chi connectivity index (χ2n) is 4.85. The number of amides is 1. The summed E-state index contributed by atoms with van der Waals surface area (Å²) in [7, 11) is 4.88. The van der Waals surface area contributed by atoms with Crippen molar-refractivity contribution in [3.05, 3.63) is 22.7 Å². The summed E-state index contributed by atoms with van der Waals surface area (Å²) in [5, 5.41) is 0.545. The van der Waals surface area contributed by atoms with E-state index in [9.17, 15) is 4.79 Å². The number of carbonyl (C=O) groups excluding carboxylic acids is 1. The Hall–Kier alpha value is -1.46. The molecule has 5 nitrogen and oxygen atoms in total. The highest BCUT2D eigenvalue weighted by Crippen LogP contribution is 2.35. The van der Waals surface area contributed by atoms with Crippen LogP contribution in [0.4, 0.5) is 0 Å². The zero-order valence-electron chi connectivity index (χ0n) is 12.3. The number of hydrogen-bond donors (Lipinski definition) is 1. The molecule has 1 aromatic carbocycles. The predicted octanol–water partition coefficient (Wildman–Crippen LogP) is 1.71. The summed E-state index contributed by atoms with van der Waals surface area (Å²) in [6.45, 7) is 1.83. The highest BCUT2D eigenvalue weighted by Gasteiger charge is 2.16. The highest BCUT2D eigenvalue weighted by molar-refractivity contribution is 6.30. The number of hydrogen-bond acceptors (Lipinski definition) is 4. The molecule has 0 spiro atoms. The Morgan fingerprint density at radius 1 is 1.45 bits per heavy atom. The van der Waals surface area contributed by atoms with Crippen LogP contribution in [0.3, 0.4) is 0 Å². The second kappa shape index (κ2) is 7.36. The van der Waals surface area contributed by atoms with E-state index in [2.05, 4.69) is 0 Å². The Balaban J connectivity index is 3.03. The van der Waals surface area contributed by atoms with Crippen molar-refractivity contribution >= 4 is 17.5 Å². The summed E-state index contributed by atoms with van der Waals surface area (Å²) in [5.41, 5.74) is 6.65. The number of benzene rings is 1. The van der Waals surface area contributed by atoms with E-state index >= 15 is 0 Å². The van der Waals surface area contributed by atoms with Crippen LogP contribution < -0.4 is 15.2 Å². The zero-order chi connectivity index (χ0) is 15.3. The molecule has 1 unspecified atom stereocenters. The van der Waals surface area contributed by atoms with E-state index in [4.69, 9.17) is 26.8 Å². The van der Waals surface area contributed by atoms with Gasteiger partial charge in [-0.25, -0.2) is 0 Å². The lowest BCUT2D eigenvalue weighted by molar-refractivity contribution is -0.130. The predicted molar refractivity (Wildman–Crippen MR) is 79.5 cm³/mol. The first-order valence-electron chi connectivity index (χ1n) is 6.30. The molecule has 0 aliphatic heterocycles. The van der Waals surface area contributed by atoms with Gasteiger partial charge in [0.15, 0.2) is 18.1 Å². The molecule has 0 aliphatic carbocycles. The Labute approximate surface area is 124 Å². The van der Waals surface area contributed by atoms with Crippen LogP contribution in [0.5, 0.6) is 11.5 Å². The lowest BCUT2D eigenvalue weighted by atomic mass is 10.1. The van der Waals surface area contributed by atoms with Crippen LogP contribution in [0.2, 0.25) is 5.02 Å². The summed E-state index contributed by atoms with van der Waals surface area (Å²) in [5.74, 6) is 0.887. The average Bonchev–Trinajstić information content (AvgIpc) is 2.35. The quantitative estimate of drug-likeness (QED) is 0.868. The van der Waals surface area contributed by atoms with E-state index in [0.717, 1.165) is 5.56 Å². The van der Waals surface area contributed by atoms with Gasteiger partial charge < -0.3 is 20.1 Å². The Bertz CT molecular complexity index is 476. The molecule has 1 amide bonds. The van der Waals surface area contributed by atoms with Crippen LogP contribution in [0, 0.1) is 0 Å². The van der Waals surface area contributed by atoms with Crippen LogP contribution in [0.25, 0.3) is 0 Å². The third-order valence-corrected chi connectivity index (χ3v) is 2.92. The van der Waals surface area contributed by atoms with Gasteiger partial charge in [0.2, 0.25) is 0 Å². The monoisotopic (exact) mass is 300 g/mol. The first-order chi connectivity index (χ1) is 9.35. The minimum Gasteiger partial charge on any atom is -0.493 e. The molecule has 0 radical (unpaired) electrons. The maximum absolute atomic E-state index is 11.6. The minimum absolute atomic E-state index is 0.0509. The number of ether oxygens (including phenoxy) is 2. The molecule has 6 heteroatoms. The summed E-state index contributed by atoms with van der Waals surface area (Å²) >= 11 is 6.05. The minimum atomic E-state index is -0.131. The summed E-state index contributed by atoms with van der Waals surface area (Å²) in [6.07, 6.45) is 0.586. The van der Waals surface area contributed by atoms with E-state index in [0.29, 0.717) is 22.9 Å². The van der Waals surface area contributed by atoms with Gasteiger partial charge in [0.1, 0.15) is 0 Å². The van der Waals surface area contributed by atoms with Gasteiger partial charge in [-0.1, -0.05) is 11.6 Å². The van der Waals surface area contributed by atoms with Gasteiger partial charge in [0.25, 0.3) is 5.91 Å². The fourth-order valence-electron chi connectivity index (χ4n) is 1.70. The maximum atomic E-state index is 11.6. The average molecular weight is 301 g/mol. The first-order valence-corrected chi connectivity index (χ1v) is 6.68. The Morgan fingerprint density at radius 3 is 2.60 bits per heavy atom. The van der Waals surface area contributed by atoms with Crippen molar-refractivity contribution in [2.24, 2.45) is 5.73 Å². The zero-order valence-corrected chi connectivity index (χ0v) is 13.0. The van der Waals surface area contributed by atoms with Crippen LogP contribution in [-0.4, -0.2) is 44.7 Å². The molecule has 0 aromatic heterocycles. The summed E-state index contributed by atoms with van der Waals surface area (Å²) in [4.78, 5) is 13.1. The lowest BCUT2D eigenvalue weighted by Crippen LogP contribution is -2.28. The number of carbonyl (C=O) groups is 1. The van der Waals surface area contributed by atoms with Crippen LogP contribution >= 0.6 is 11.6 Å². The molecule has 1 atom stereocenters. The number of nitrogens with zero attached hydrogens (tertiary/aromatic N) is 1. The Morgan fingerprint density at radius 2 is 2.10 bits per heavy atom. The van der Waals surface area contributed by atoms with Gasteiger partial charge >= 0.3 is 0 Å². The largest absolute Gasteiger partial charge is 0.493 e. The van der Waals surface area contributed by atoms with Gasteiger partial charge in [-0.05, 0) is 19.4 Å². The van der Waals surface area contributed by atoms with Gasteiger partial charge in [-0.2, -0.15) is 0 Å². The number of likely N-dealkylation sites (N-methyl/N-ethyl adjacent to an activating group) is 1. The molecule has 1 rings (SSSR count). The number of methoxy groups -OCH3 is 1. The van der Waals surface area contributed by atoms with Crippen LogP contribution in [0.1, 0.15) is 12.5 Å². The molecule has 0 saturated carbocycles. The molecule has 112 valence electrons. The molecule has 0 saturated heterocycles. The van der Waals surface area contributed by atoms with Gasteiger partial charge in [0.05, 0.1) is 7.11 Å². The number of halogens is 1. The SMILES string of the molecule is COc1cc(Cl)cc(CC(C)N)c1OCC(=O)N(C)C. The fourth-order valence-corrected chi connectivity index (χ4v) is 1.93. The fraction of sp³-hybridized carbons (Fsp3) is 0.500. The number of rotatable bonds is 6. The van der Waals surface area contributed by atoms with Crippen molar-refractivity contribution in [2.75, 3.05) is 27.8 Å². The standard InChI is InChI=1S/C14H21ClN2O3/c1-9(16)5-10-6-11(15)7-12(19-4)14(10)20-8-13(18)17(2)3/h6-7,9H,5,8,16H2,1-4H3. The van der Waals surface area contributed by atoms with Crippen molar-refractivity contribution in [3.8, 4) is 11.5 Å². The summed E-state index contributed by atoms with van der Waals surface area (Å²) < 4.78 is 10.9. The van der Waals surface area contributed by atoms with Crippen molar-refractivity contribution < 1.29 is 14.3 Å². The van der Waals surface area contributed by atoms with E-state index < -0.39 is 0 Å². The van der Waals surface area contributed by atoms with Gasteiger partial charge in [0, 0.05) is 36.8 Å². The smallest absolute Gasteiger partial charge is 0.259 e. The third kappa shape index (κ3) is 4.58. The van der Waals surface area contributed by atoms with Crippen molar-refractivity contribution in [1.82, 2.24) is 4.90 Å². The molecule has 1 aromatic rings. The molecule has 0 fully saturated rings. The Kier molecular flexibility index (Phi) is 6.10. The van der Waals surface area contributed by atoms with E-state index in [1.165, 1.54) is 12.0 Å². The second-order valence-corrected chi connectivity index (χ2v) is 5.29. The molecular formula is C14H21ClN2O3. The third-order valence-electron chi connectivity index (χ3n) is 2.70. The lowest BCUT2D eigenvalue weighted by Gasteiger charge is -2.18. The van der Waals surface area contributed by atoms with Crippen molar-refractivity contribution in [1.29, 1.82) is 0 Å². The van der Waals surface area contributed by atoms with Crippen molar-refractivity contribution in [2.45, 2.75) is 19.4 Å². The van der Waals surface area contributed by atoms with Crippen LogP contribution in [0.15, 0.2) is 12.1 Å². The van der Waals surface area contributed by atoms with E-state index in [-0.39, 0.29) is 18.6 Å². The molecule has 2 N–H and O–H groups in total.